The molecule has 160 valence electrons. The number of nitrogens with two attached hydrogens (primary N) is 1. The van der Waals surface area contributed by atoms with Gasteiger partial charge in [0.15, 0.2) is 0 Å². The minimum absolute atomic E-state index is 0. The van der Waals surface area contributed by atoms with Gasteiger partial charge in [0.25, 0.3) is 5.91 Å². The van der Waals surface area contributed by atoms with Gasteiger partial charge in [-0.25, -0.2) is 9.89 Å². The SMILES string of the molecule is Cc1[nH]c(C(=O)Nc2ccc(-n3nn[nH]c3=O)cc2N2CC[C@H](N)C2)c(Cl)c1Cl.Cl. The number of nitrogens with zero attached hydrogens (tertiary/aromatic N) is 4. The summed E-state index contributed by atoms with van der Waals surface area (Å²) in [4.78, 5) is 29.6. The second-order valence-electron chi connectivity index (χ2n) is 6.82. The van der Waals surface area contributed by atoms with Crippen LogP contribution in [0.25, 0.3) is 5.69 Å². The van der Waals surface area contributed by atoms with Crippen LogP contribution in [-0.4, -0.2) is 50.2 Å². The van der Waals surface area contributed by atoms with Gasteiger partial charge in [0, 0.05) is 24.8 Å². The normalized spacial score (nSPS) is 15.9. The highest BCUT2D eigenvalue weighted by Crippen LogP contribution is 2.33. The van der Waals surface area contributed by atoms with Crippen LogP contribution in [0, 0.1) is 6.92 Å². The summed E-state index contributed by atoms with van der Waals surface area (Å²) in [6, 6.07) is 5.13. The van der Waals surface area contributed by atoms with E-state index in [0.717, 1.165) is 17.6 Å². The molecule has 4 rings (SSSR count). The van der Waals surface area contributed by atoms with Gasteiger partial charge in [0.2, 0.25) is 0 Å². The highest BCUT2D eigenvalue weighted by atomic mass is 35.5. The minimum atomic E-state index is -0.464. The first-order valence-corrected chi connectivity index (χ1v) is 9.61. The number of carbonyl (C=O) groups is 1. The van der Waals surface area contributed by atoms with Crippen molar-refractivity contribution in [1.82, 2.24) is 25.2 Å². The number of hydrogen-bond acceptors (Lipinski definition) is 6. The van der Waals surface area contributed by atoms with E-state index in [4.69, 9.17) is 28.9 Å². The molecule has 5 N–H and O–H groups in total. The zero-order valence-corrected chi connectivity index (χ0v) is 18.1. The largest absolute Gasteiger partial charge is 0.368 e. The van der Waals surface area contributed by atoms with Crippen molar-refractivity contribution in [3.05, 3.63) is 50.1 Å². The number of anilines is 2. The van der Waals surface area contributed by atoms with Crippen molar-refractivity contribution in [2.45, 2.75) is 19.4 Å². The maximum absolute atomic E-state index is 12.8. The molecule has 1 aliphatic heterocycles. The van der Waals surface area contributed by atoms with Gasteiger partial charge in [-0.15, -0.1) is 12.4 Å². The van der Waals surface area contributed by atoms with Gasteiger partial charge in [0.05, 0.1) is 27.1 Å². The maximum atomic E-state index is 12.8. The van der Waals surface area contributed by atoms with E-state index in [-0.39, 0.29) is 29.2 Å². The lowest BCUT2D eigenvalue weighted by molar-refractivity contribution is 0.102. The Morgan fingerprint density at radius 2 is 2.10 bits per heavy atom. The second-order valence-corrected chi connectivity index (χ2v) is 7.58. The van der Waals surface area contributed by atoms with Gasteiger partial charge in [-0.2, -0.15) is 4.68 Å². The Labute approximate surface area is 187 Å². The average Bonchev–Trinajstić information content (AvgIpc) is 3.38. The van der Waals surface area contributed by atoms with E-state index in [1.54, 1.807) is 25.1 Å². The molecule has 0 unspecified atom stereocenters. The molecule has 1 amide bonds. The fourth-order valence-corrected chi connectivity index (χ4v) is 3.72. The van der Waals surface area contributed by atoms with E-state index in [2.05, 4.69) is 25.8 Å². The molecule has 1 saturated heterocycles. The quantitative estimate of drug-likeness (QED) is 0.458. The Hall–Kier alpha value is -2.53. The molecule has 0 saturated carbocycles. The number of aromatic nitrogens is 5. The molecule has 1 fully saturated rings. The van der Waals surface area contributed by atoms with E-state index in [1.165, 1.54) is 0 Å². The summed E-state index contributed by atoms with van der Waals surface area (Å²) in [6.07, 6.45) is 0.818. The van der Waals surface area contributed by atoms with Gasteiger partial charge in [0.1, 0.15) is 5.69 Å². The summed E-state index contributed by atoms with van der Waals surface area (Å²) in [5, 5.41) is 12.9. The molecule has 1 aromatic carbocycles. The summed E-state index contributed by atoms with van der Waals surface area (Å²) in [5.41, 5.74) is 8.14. The van der Waals surface area contributed by atoms with Crippen LogP contribution in [0.1, 0.15) is 22.6 Å². The number of halogens is 3. The molecular weight excluding hydrogens is 455 g/mol. The van der Waals surface area contributed by atoms with Crippen LogP contribution < -0.4 is 21.6 Å². The molecule has 13 heteroatoms. The van der Waals surface area contributed by atoms with Crippen molar-refractivity contribution < 1.29 is 4.79 Å². The molecule has 0 bridgehead atoms. The summed E-state index contributed by atoms with van der Waals surface area (Å²) in [5.74, 6) is -0.430. The Morgan fingerprint density at radius 3 is 2.67 bits per heavy atom. The Kier molecular flexibility index (Phi) is 6.41. The predicted molar refractivity (Wildman–Crippen MR) is 118 cm³/mol. The lowest BCUT2D eigenvalue weighted by atomic mass is 10.2. The number of hydrogen-bond donors (Lipinski definition) is 4. The van der Waals surface area contributed by atoms with Crippen molar-refractivity contribution in [3.8, 4) is 5.69 Å². The number of carbonyl (C=O) groups excluding carboxylic acids is 1. The number of amides is 1. The minimum Gasteiger partial charge on any atom is -0.368 e. The molecule has 30 heavy (non-hydrogen) atoms. The molecular formula is C17H19Cl3N8O2. The highest BCUT2D eigenvalue weighted by molar-refractivity contribution is 6.44. The molecule has 0 spiro atoms. The van der Waals surface area contributed by atoms with Gasteiger partial charge in [-0.05, 0) is 42.0 Å². The molecule has 10 nitrogen and oxygen atoms in total. The van der Waals surface area contributed by atoms with Gasteiger partial charge in [-0.3, -0.25) is 4.79 Å². The number of benzene rings is 1. The number of aryl methyl sites for hydroxylation is 1. The Balaban J connectivity index is 0.00000256. The molecule has 1 atom stereocenters. The van der Waals surface area contributed by atoms with Gasteiger partial charge < -0.3 is 20.9 Å². The number of H-pyrrole nitrogens is 2. The number of tetrazole rings is 1. The molecule has 0 radical (unpaired) electrons. The Bertz CT molecular complexity index is 1140. The molecule has 3 aromatic rings. The van der Waals surface area contributed by atoms with Crippen LogP contribution in [0.15, 0.2) is 23.0 Å². The fraction of sp³-hybridized carbons (Fsp3) is 0.294. The number of aromatic amines is 2. The van der Waals surface area contributed by atoms with Crippen LogP contribution in [0.3, 0.4) is 0 Å². The van der Waals surface area contributed by atoms with E-state index >= 15 is 0 Å². The summed E-state index contributed by atoms with van der Waals surface area (Å²) in [6.45, 7) is 3.07. The van der Waals surface area contributed by atoms with Crippen LogP contribution in [0.4, 0.5) is 11.4 Å². The predicted octanol–water partition coefficient (Wildman–Crippen LogP) is 2.11. The first-order chi connectivity index (χ1) is 13.8. The lowest BCUT2D eigenvalue weighted by Crippen LogP contribution is -2.27. The van der Waals surface area contributed by atoms with Gasteiger partial charge >= 0.3 is 5.69 Å². The zero-order chi connectivity index (χ0) is 20.7. The third-order valence-electron chi connectivity index (χ3n) is 4.79. The van der Waals surface area contributed by atoms with Crippen molar-refractivity contribution in [2.24, 2.45) is 5.73 Å². The molecule has 3 heterocycles. The highest BCUT2D eigenvalue weighted by Gasteiger charge is 2.24. The van der Waals surface area contributed by atoms with Crippen molar-refractivity contribution in [2.75, 3.05) is 23.3 Å². The number of rotatable bonds is 4. The molecule has 2 aromatic heterocycles. The topological polar surface area (TPSA) is 138 Å². The second kappa shape index (κ2) is 8.68. The van der Waals surface area contributed by atoms with Crippen molar-refractivity contribution in [3.63, 3.8) is 0 Å². The summed E-state index contributed by atoms with van der Waals surface area (Å²) >= 11 is 12.2. The first-order valence-electron chi connectivity index (χ1n) is 8.85. The van der Waals surface area contributed by atoms with Crippen LogP contribution in [0.2, 0.25) is 10.0 Å². The van der Waals surface area contributed by atoms with E-state index in [0.29, 0.717) is 34.3 Å². The summed E-state index contributed by atoms with van der Waals surface area (Å²) < 4.78 is 1.13. The van der Waals surface area contributed by atoms with Crippen LogP contribution in [0.5, 0.6) is 0 Å². The van der Waals surface area contributed by atoms with Crippen molar-refractivity contribution in [1.29, 1.82) is 0 Å². The summed E-state index contributed by atoms with van der Waals surface area (Å²) in [7, 11) is 0. The smallest absolute Gasteiger partial charge is 0.365 e. The lowest BCUT2D eigenvalue weighted by Gasteiger charge is -2.22. The van der Waals surface area contributed by atoms with Crippen LogP contribution >= 0.6 is 35.6 Å². The molecule has 0 aliphatic carbocycles. The van der Waals surface area contributed by atoms with Crippen LogP contribution in [-0.2, 0) is 0 Å². The first kappa shape index (κ1) is 22.2. The third kappa shape index (κ3) is 4.04. The average molecular weight is 474 g/mol. The van der Waals surface area contributed by atoms with Gasteiger partial charge in [-0.1, -0.05) is 23.2 Å². The van der Waals surface area contributed by atoms with Crippen molar-refractivity contribution >= 4 is 52.9 Å². The maximum Gasteiger partial charge on any atom is 0.365 e. The molecule has 1 aliphatic rings. The third-order valence-corrected chi connectivity index (χ3v) is 5.74. The number of nitrogens with one attached hydrogen (secondary N) is 3. The Morgan fingerprint density at radius 1 is 1.33 bits per heavy atom. The zero-order valence-electron chi connectivity index (χ0n) is 15.8. The standard InChI is InChI=1S/C17H18Cl2N8O2.ClH/c1-8-13(18)14(19)15(21-8)16(28)22-11-3-2-10(27-17(29)23-24-25-27)6-12(11)26-5-4-9(20)7-26;/h2-3,6,9,21H,4-5,7,20H2,1H3,(H,22,28)(H,23,25,29);1H/t9-;/m0./s1. The monoisotopic (exact) mass is 472 g/mol. The van der Waals surface area contributed by atoms with E-state index in [9.17, 15) is 9.59 Å². The van der Waals surface area contributed by atoms with E-state index < -0.39 is 11.6 Å². The van der Waals surface area contributed by atoms with E-state index in [1.807, 2.05) is 4.90 Å². The fourth-order valence-electron chi connectivity index (χ4n) is 3.30.